The Morgan fingerprint density at radius 3 is 2.92 bits per heavy atom. The van der Waals surface area contributed by atoms with E-state index in [9.17, 15) is 0 Å². The predicted molar refractivity (Wildman–Crippen MR) is 63.4 cm³/mol. The van der Waals surface area contributed by atoms with Crippen LogP contribution in [0.2, 0.25) is 0 Å². The number of fused-ring (bicyclic) bond motifs is 1. The van der Waals surface area contributed by atoms with Gasteiger partial charge in [0.25, 0.3) is 0 Å². The van der Waals surface area contributed by atoms with E-state index < -0.39 is 0 Å². The molecule has 0 atom stereocenters. The highest BCUT2D eigenvalue weighted by molar-refractivity contribution is 7.80. The van der Waals surface area contributed by atoms with Crippen LogP contribution >= 0.6 is 35.6 Å². The Kier molecular flexibility index (Phi) is 2.54. The van der Waals surface area contributed by atoms with Gasteiger partial charge in [0.2, 0.25) is 0 Å². The summed E-state index contributed by atoms with van der Waals surface area (Å²) < 4.78 is 1.27. The van der Waals surface area contributed by atoms with Crippen molar-refractivity contribution in [3.05, 3.63) is 28.6 Å². The average molecular weight is 229 g/mol. The molecule has 0 nitrogen and oxygen atoms in total. The molecular formula is C10H9ClS2. The van der Waals surface area contributed by atoms with Crippen molar-refractivity contribution in [2.24, 2.45) is 0 Å². The van der Waals surface area contributed by atoms with Crippen LogP contribution in [0.5, 0.6) is 0 Å². The summed E-state index contributed by atoms with van der Waals surface area (Å²) in [5.41, 5.74) is 1.22. The molecule has 0 aliphatic carbocycles. The van der Waals surface area contributed by atoms with Crippen LogP contribution in [0.25, 0.3) is 10.1 Å². The van der Waals surface area contributed by atoms with Gasteiger partial charge in [-0.3, -0.25) is 0 Å². The quantitative estimate of drug-likeness (QED) is 0.548. The molecular weight excluding hydrogens is 220 g/mol. The van der Waals surface area contributed by atoms with Gasteiger partial charge in [-0.05, 0) is 24.6 Å². The van der Waals surface area contributed by atoms with Crippen LogP contribution in [-0.2, 0) is 5.88 Å². The molecule has 0 aliphatic heterocycles. The SMILES string of the molecule is Cc1ccc2sc(CCl)cc2c1S. The first-order valence-electron chi connectivity index (χ1n) is 3.99. The minimum absolute atomic E-state index is 0.589. The molecule has 0 amide bonds. The van der Waals surface area contributed by atoms with Gasteiger partial charge in [0.05, 0.1) is 5.88 Å². The Bertz CT molecular complexity index is 445. The zero-order valence-electron chi connectivity index (χ0n) is 7.17. The molecule has 0 aliphatic rings. The standard InChI is InChI=1S/C10H9ClS2/c1-6-2-3-9-8(10(6)12)4-7(5-11)13-9/h2-4,12H,5H2,1H3. The lowest BCUT2D eigenvalue weighted by Crippen LogP contribution is -1.74. The number of hydrogen-bond acceptors (Lipinski definition) is 2. The lowest BCUT2D eigenvalue weighted by Gasteiger charge is -1.98. The van der Waals surface area contributed by atoms with Crippen molar-refractivity contribution >= 4 is 45.7 Å². The van der Waals surface area contributed by atoms with E-state index in [1.165, 1.54) is 20.5 Å². The highest BCUT2D eigenvalue weighted by atomic mass is 35.5. The van der Waals surface area contributed by atoms with E-state index in [2.05, 4.69) is 37.8 Å². The van der Waals surface area contributed by atoms with E-state index in [1.807, 2.05) is 0 Å². The van der Waals surface area contributed by atoms with Gasteiger partial charge >= 0.3 is 0 Å². The molecule has 68 valence electrons. The molecule has 0 unspecified atom stereocenters. The highest BCUT2D eigenvalue weighted by Gasteiger charge is 2.05. The number of benzene rings is 1. The van der Waals surface area contributed by atoms with Gasteiger partial charge in [0, 0.05) is 19.9 Å². The second kappa shape index (κ2) is 3.52. The number of aryl methyl sites for hydroxylation is 1. The fourth-order valence-corrected chi connectivity index (χ4v) is 2.82. The van der Waals surface area contributed by atoms with E-state index in [4.69, 9.17) is 11.6 Å². The first kappa shape index (κ1) is 9.38. The Balaban J connectivity index is 2.76. The number of thiol groups is 1. The van der Waals surface area contributed by atoms with Crippen molar-refractivity contribution in [3.8, 4) is 0 Å². The third kappa shape index (κ3) is 1.58. The Labute approximate surface area is 91.9 Å². The van der Waals surface area contributed by atoms with Crippen molar-refractivity contribution in [2.75, 3.05) is 0 Å². The molecule has 0 N–H and O–H groups in total. The Morgan fingerprint density at radius 1 is 1.46 bits per heavy atom. The van der Waals surface area contributed by atoms with Crippen LogP contribution in [0.3, 0.4) is 0 Å². The molecule has 3 heteroatoms. The minimum atomic E-state index is 0.589. The van der Waals surface area contributed by atoms with Crippen LogP contribution in [0.15, 0.2) is 23.1 Å². The molecule has 1 heterocycles. The maximum absolute atomic E-state index is 5.78. The fraction of sp³-hybridized carbons (Fsp3) is 0.200. The van der Waals surface area contributed by atoms with Crippen molar-refractivity contribution in [1.82, 2.24) is 0 Å². The maximum Gasteiger partial charge on any atom is 0.0568 e. The molecule has 0 radical (unpaired) electrons. The molecule has 0 saturated carbocycles. The second-order valence-electron chi connectivity index (χ2n) is 2.99. The number of alkyl halides is 1. The van der Waals surface area contributed by atoms with Crippen molar-refractivity contribution in [1.29, 1.82) is 0 Å². The zero-order valence-corrected chi connectivity index (χ0v) is 9.64. The molecule has 0 bridgehead atoms. The second-order valence-corrected chi connectivity index (χ2v) is 4.87. The van der Waals surface area contributed by atoms with Gasteiger partial charge < -0.3 is 0 Å². The van der Waals surface area contributed by atoms with Gasteiger partial charge in [-0.1, -0.05) is 6.07 Å². The summed E-state index contributed by atoms with van der Waals surface area (Å²) in [7, 11) is 0. The summed E-state index contributed by atoms with van der Waals surface area (Å²) in [5, 5.41) is 1.23. The molecule has 1 aromatic heterocycles. The summed E-state index contributed by atoms with van der Waals surface area (Å²) in [5.74, 6) is 0.589. The van der Waals surface area contributed by atoms with Gasteiger partial charge in [-0.15, -0.1) is 35.6 Å². The highest BCUT2D eigenvalue weighted by Crippen LogP contribution is 2.32. The Hall–Kier alpha value is -0.180. The van der Waals surface area contributed by atoms with Gasteiger partial charge in [-0.25, -0.2) is 0 Å². The van der Waals surface area contributed by atoms with E-state index >= 15 is 0 Å². The zero-order chi connectivity index (χ0) is 9.42. The summed E-state index contributed by atoms with van der Waals surface area (Å²) >= 11 is 12.0. The smallest absolute Gasteiger partial charge is 0.0568 e. The van der Waals surface area contributed by atoms with Crippen LogP contribution in [-0.4, -0.2) is 0 Å². The molecule has 0 saturated heterocycles. The van der Waals surface area contributed by atoms with Crippen molar-refractivity contribution in [2.45, 2.75) is 17.7 Å². The van der Waals surface area contributed by atoms with Crippen LogP contribution in [0.4, 0.5) is 0 Å². The topological polar surface area (TPSA) is 0 Å². The number of rotatable bonds is 1. The van der Waals surface area contributed by atoms with Crippen molar-refractivity contribution in [3.63, 3.8) is 0 Å². The maximum atomic E-state index is 5.78. The van der Waals surface area contributed by atoms with Gasteiger partial charge in [0.1, 0.15) is 0 Å². The average Bonchev–Trinajstić information content (AvgIpc) is 2.55. The largest absolute Gasteiger partial charge is 0.142 e. The van der Waals surface area contributed by atoms with E-state index in [0.717, 1.165) is 4.90 Å². The summed E-state index contributed by atoms with van der Waals surface area (Å²) in [6.45, 7) is 2.07. The van der Waals surface area contributed by atoms with Crippen LogP contribution in [0, 0.1) is 6.92 Å². The number of thiophene rings is 1. The lowest BCUT2D eigenvalue weighted by atomic mass is 10.2. The van der Waals surface area contributed by atoms with E-state index in [1.54, 1.807) is 11.3 Å². The predicted octanol–water partition coefficient (Wildman–Crippen LogP) is 4.24. The molecule has 2 rings (SSSR count). The van der Waals surface area contributed by atoms with Gasteiger partial charge in [-0.2, -0.15) is 0 Å². The first-order valence-corrected chi connectivity index (χ1v) is 5.79. The lowest BCUT2D eigenvalue weighted by molar-refractivity contribution is 1.36. The summed E-state index contributed by atoms with van der Waals surface area (Å²) in [6, 6.07) is 6.35. The third-order valence-corrected chi connectivity index (χ3v) is 4.20. The summed E-state index contributed by atoms with van der Waals surface area (Å²) in [4.78, 5) is 2.28. The van der Waals surface area contributed by atoms with Crippen molar-refractivity contribution < 1.29 is 0 Å². The van der Waals surface area contributed by atoms with Crippen LogP contribution < -0.4 is 0 Å². The van der Waals surface area contributed by atoms with Crippen LogP contribution in [0.1, 0.15) is 10.4 Å². The van der Waals surface area contributed by atoms with E-state index in [-0.39, 0.29) is 0 Å². The Morgan fingerprint density at radius 2 is 2.23 bits per heavy atom. The first-order chi connectivity index (χ1) is 6.22. The minimum Gasteiger partial charge on any atom is -0.142 e. The summed E-state index contributed by atoms with van der Waals surface area (Å²) in [6.07, 6.45) is 0. The molecule has 1 aromatic carbocycles. The number of halogens is 1. The molecule has 2 aromatic rings. The monoisotopic (exact) mass is 228 g/mol. The van der Waals surface area contributed by atoms with Gasteiger partial charge in [0.15, 0.2) is 0 Å². The third-order valence-electron chi connectivity index (χ3n) is 2.06. The normalized spacial score (nSPS) is 11.0. The molecule has 13 heavy (non-hydrogen) atoms. The van der Waals surface area contributed by atoms with E-state index in [0.29, 0.717) is 5.88 Å². The molecule has 0 spiro atoms. The number of hydrogen-bond donors (Lipinski definition) is 1. The fourth-order valence-electron chi connectivity index (χ4n) is 1.32. The molecule has 0 fully saturated rings.